The van der Waals surface area contributed by atoms with Gasteiger partial charge in [-0.25, -0.2) is 0 Å². The third-order valence-corrected chi connectivity index (χ3v) is 5.30. The quantitative estimate of drug-likeness (QED) is 0.441. The summed E-state index contributed by atoms with van der Waals surface area (Å²) in [6.07, 6.45) is -12.6. The van der Waals surface area contributed by atoms with Crippen LogP contribution in [0.3, 0.4) is 0 Å². The van der Waals surface area contributed by atoms with Crippen molar-refractivity contribution < 1.29 is 49.4 Å². The van der Waals surface area contributed by atoms with E-state index in [0.29, 0.717) is 37.6 Å². The predicted octanol–water partition coefficient (Wildman–Crippen LogP) is 7.12. The molecule has 35 heavy (non-hydrogen) atoms. The first-order chi connectivity index (χ1) is 16.1. The van der Waals surface area contributed by atoms with E-state index in [1.807, 2.05) is 0 Å². The van der Waals surface area contributed by atoms with Gasteiger partial charge in [0.2, 0.25) is 0 Å². The lowest BCUT2D eigenvalue weighted by Gasteiger charge is -2.32. The number of nitrogens with zero attached hydrogens (tertiary/aromatic N) is 1. The molecule has 0 bridgehead atoms. The molecule has 0 aliphatic carbocycles. The van der Waals surface area contributed by atoms with Gasteiger partial charge in [0.15, 0.2) is 0 Å². The molecular formula is C23H22F9NO2. The van der Waals surface area contributed by atoms with Gasteiger partial charge in [-0.15, -0.1) is 0 Å². The molecule has 1 N–H and O–H groups in total. The number of likely N-dealkylation sites (tertiary alicyclic amines) is 1. The first-order valence-electron chi connectivity index (χ1n) is 10.4. The smallest absolute Gasteiger partial charge is 0.416 e. The minimum atomic E-state index is -4.75. The molecule has 1 saturated heterocycles. The number of piperidine rings is 1. The number of aliphatic carboxylic acids is 1. The summed E-state index contributed by atoms with van der Waals surface area (Å²) in [4.78, 5) is 12.4. The summed E-state index contributed by atoms with van der Waals surface area (Å²) in [5.74, 6) is -1.21. The van der Waals surface area contributed by atoms with Crippen LogP contribution >= 0.6 is 0 Å². The summed E-state index contributed by atoms with van der Waals surface area (Å²) in [6, 6.07) is 7.77. The largest absolute Gasteiger partial charge is 0.481 e. The Labute approximate surface area is 195 Å². The molecule has 2 aromatic rings. The maximum Gasteiger partial charge on any atom is 0.416 e. The Kier molecular flexibility index (Phi) is 9.21. The molecule has 0 radical (unpaired) electrons. The zero-order valence-electron chi connectivity index (χ0n) is 18.1. The lowest BCUT2D eigenvalue weighted by Crippen LogP contribution is -2.36. The number of benzene rings is 2. The van der Waals surface area contributed by atoms with Crippen molar-refractivity contribution in [3.05, 3.63) is 70.8 Å². The fourth-order valence-corrected chi connectivity index (χ4v) is 3.75. The molecule has 0 aromatic heterocycles. The van der Waals surface area contributed by atoms with Crippen LogP contribution in [0.5, 0.6) is 0 Å². The van der Waals surface area contributed by atoms with Crippen molar-refractivity contribution in [1.82, 2.24) is 4.90 Å². The third kappa shape index (κ3) is 9.08. The molecule has 0 amide bonds. The van der Waals surface area contributed by atoms with Crippen LogP contribution in [0.4, 0.5) is 39.5 Å². The topological polar surface area (TPSA) is 40.5 Å². The van der Waals surface area contributed by atoms with Crippen LogP contribution in [0.15, 0.2) is 48.5 Å². The molecule has 1 fully saturated rings. The van der Waals surface area contributed by atoms with Crippen LogP contribution < -0.4 is 0 Å². The average molecular weight is 515 g/mol. The van der Waals surface area contributed by atoms with E-state index in [1.54, 1.807) is 11.0 Å². The van der Waals surface area contributed by atoms with Gasteiger partial charge in [0.1, 0.15) is 0 Å². The van der Waals surface area contributed by atoms with Gasteiger partial charge in [-0.2, -0.15) is 39.5 Å². The molecule has 2 aromatic carbocycles. The lowest BCUT2D eigenvalue weighted by molar-refractivity contribution is -0.142. The van der Waals surface area contributed by atoms with Crippen molar-refractivity contribution in [2.45, 2.75) is 44.3 Å². The van der Waals surface area contributed by atoms with Crippen molar-refractivity contribution >= 4 is 5.97 Å². The third-order valence-electron chi connectivity index (χ3n) is 5.30. The predicted molar refractivity (Wildman–Crippen MR) is 108 cm³/mol. The Bertz CT molecular complexity index is 970. The normalized spacial score (nSPS) is 17.5. The first-order valence-corrected chi connectivity index (χ1v) is 10.4. The standard InChI is InChI=1S/C16H17F6NO2.C7H5F3/c17-15(18,19)12-3-4-13(16(20,21)22)11(7-12)9-23-5-1-2-10(8-23)6-14(24)25;8-7(9,10)6-4-2-1-3-5-6/h3-4,7,10H,1-2,5-6,8-9H2,(H,24,25);1-5H. The summed E-state index contributed by atoms with van der Waals surface area (Å²) in [5, 5.41) is 8.83. The molecule has 1 atom stereocenters. The van der Waals surface area contributed by atoms with Crippen LogP contribution in [0, 0.1) is 5.92 Å². The van der Waals surface area contributed by atoms with Crippen LogP contribution in [0.2, 0.25) is 0 Å². The zero-order chi connectivity index (χ0) is 26.4. The highest BCUT2D eigenvalue weighted by Gasteiger charge is 2.37. The summed E-state index contributed by atoms with van der Waals surface area (Å²) in [7, 11) is 0. The molecule has 0 saturated carbocycles. The van der Waals surface area contributed by atoms with E-state index in [9.17, 15) is 44.3 Å². The number of carboxylic acids is 1. The SMILES string of the molecule is FC(F)(F)c1ccccc1.O=C(O)CC1CCCN(Cc2cc(C(F)(F)F)ccc2C(F)(F)F)C1. The van der Waals surface area contributed by atoms with E-state index in [-0.39, 0.29) is 25.4 Å². The fraction of sp³-hybridized carbons (Fsp3) is 0.435. The molecule has 0 spiro atoms. The maximum atomic E-state index is 13.1. The number of alkyl halides is 9. The number of rotatable bonds is 4. The van der Waals surface area contributed by atoms with E-state index in [2.05, 4.69) is 0 Å². The molecule has 194 valence electrons. The van der Waals surface area contributed by atoms with Gasteiger partial charge in [0, 0.05) is 19.5 Å². The number of hydrogen-bond donors (Lipinski definition) is 1. The first kappa shape index (κ1) is 28.5. The van der Waals surface area contributed by atoms with Gasteiger partial charge in [0.05, 0.1) is 16.7 Å². The zero-order valence-corrected chi connectivity index (χ0v) is 18.1. The maximum absolute atomic E-state index is 13.1. The Morgan fingerprint density at radius 2 is 1.46 bits per heavy atom. The van der Waals surface area contributed by atoms with E-state index in [1.165, 1.54) is 12.1 Å². The van der Waals surface area contributed by atoms with Crippen LogP contribution in [-0.4, -0.2) is 29.1 Å². The van der Waals surface area contributed by atoms with E-state index >= 15 is 0 Å². The average Bonchev–Trinajstić information content (AvgIpc) is 2.72. The minimum Gasteiger partial charge on any atom is -0.481 e. The van der Waals surface area contributed by atoms with Crippen molar-refractivity contribution in [3.8, 4) is 0 Å². The summed E-state index contributed by atoms with van der Waals surface area (Å²) in [5.41, 5.74) is -3.27. The summed E-state index contributed by atoms with van der Waals surface area (Å²) >= 11 is 0. The highest BCUT2D eigenvalue weighted by Crippen LogP contribution is 2.37. The number of halogens is 9. The van der Waals surface area contributed by atoms with Gasteiger partial charge in [-0.3, -0.25) is 9.69 Å². The van der Waals surface area contributed by atoms with Crippen LogP contribution in [0.1, 0.15) is 41.5 Å². The van der Waals surface area contributed by atoms with Gasteiger partial charge in [-0.1, -0.05) is 30.3 Å². The van der Waals surface area contributed by atoms with Crippen molar-refractivity contribution in [3.63, 3.8) is 0 Å². The van der Waals surface area contributed by atoms with Gasteiger partial charge < -0.3 is 5.11 Å². The second kappa shape index (κ2) is 11.3. The fourth-order valence-electron chi connectivity index (χ4n) is 3.75. The molecule has 12 heteroatoms. The molecule has 1 aliphatic rings. The van der Waals surface area contributed by atoms with Gasteiger partial charge >= 0.3 is 24.5 Å². The second-order valence-corrected chi connectivity index (χ2v) is 8.07. The van der Waals surface area contributed by atoms with Gasteiger partial charge in [0.25, 0.3) is 0 Å². The van der Waals surface area contributed by atoms with Crippen molar-refractivity contribution in [2.24, 2.45) is 5.92 Å². The summed E-state index contributed by atoms with van der Waals surface area (Å²) < 4.78 is 113. The van der Waals surface area contributed by atoms with Gasteiger partial charge in [-0.05, 0) is 49.1 Å². The minimum absolute atomic E-state index is 0.106. The molecule has 1 unspecified atom stereocenters. The van der Waals surface area contributed by atoms with Crippen molar-refractivity contribution in [1.29, 1.82) is 0 Å². The molecular weight excluding hydrogens is 493 g/mol. The van der Waals surface area contributed by atoms with Crippen LogP contribution in [0.25, 0.3) is 0 Å². The molecule has 3 nitrogen and oxygen atoms in total. The summed E-state index contributed by atoms with van der Waals surface area (Å²) in [6.45, 7) is 0.373. The highest BCUT2D eigenvalue weighted by atomic mass is 19.4. The lowest BCUT2D eigenvalue weighted by atomic mass is 9.94. The monoisotopic (exact) mass is 515 g/mol. The molecule has 3 rings (SSSR count). The van der Waals surface area contributed by atoms with E-state index in [0.717, 1.165) is 12.1 Å². The highest BCUT2D eigenvalue weighted by molar-refractivity contribution is 5.67. The Hall–Kier alpha value is -2.76. The Morgan fingerprint density at radius 3 is 1.94 bits per heavy atom. The van der Waals surface area contributed by atoms with E-state index < -0.39 is 46.8 Å². The second-order valence-electron chi connectivity index (χ2n) is 8.07. The van der Waals surface area contributed by atoms with Crippen molar-refractivity contribution in [2.75, 3.05) is 13.1 Å². The molecule has 1 heterocycles. The Balaban J connectivity index is 0.000000360. The van der Waals surface area contributed by atoms with E-state index in [4.69, 9.17) is 5.11 Å². The number of hydrogen-bond acceptors (Lipinski definition) is 2. The number of carboxylic acid groups (broad SMARTS) is 1. The Morgan fingerprint density at radius 1 is 0.857 bits per heavy atom. The molecule has 1 aliphatic heterocycles. The van der Waals surface area contributed by atoms with Crippen LogP contribution in [-0.2, 0) is 29.9 Å². The number of carbonyl (C=O) groups is 1.